The van der Waals surface area contributed by atoms with Crippen molar-refractivity contribution in [3.8, 4) is 0 Å². The maximum atomic E-state index is 11.7. The fourth-order valence-corrected chi connectivity index (χ4v) is 2.20. The number of carboxylic acids is 1. The molecular weight excluding hydrogens is 250 g/mol. The van der Waals surface area contributed by atoms with E-state index >= 15 is 0 Å². The number of nitrogens with one attached hydrogen (secondary N) is 1. The van der Waals surface area contributed by atoms with Gasteiger partial charge in [0.2, 0.25) is 5.91 Å². The summed E-state index contributed by atoms with van der Waals surface area (Å²) in [5, 5.41) is 11.1. The first-order valence-electron chi connectivity index (χ1n) is 4.70. The Bertz CT molecular complexity index is 405. The van der Waals surface area contributed by atoms with E-state index in [4.69, 9.17) is 16.7 Å². The van der Waals surface area contributed by atoms with E-state index in [-0.39, 0.29) is 11.8 Å². The van der Waals surface area contributed by atoms with Crippen LogP contribution in [0.2, 0.25) is 4.34 Å². The number of hydrogen-bond donors (Lipinski definition) is 2. The molecule has 88 valence electrons. The second kappa shape index (κ2) is 5.32. The average molecular weight is 262 g/mol. The second-order valence-electron chi connectivity index (χ2n) is 3.43. The van der Waals surface area contributed by atoms with Gasteiger partial charge in [-0.2, -0.15) is 0 Å². The molecule has 1 aromatic heterocycles. The first-order valence-corrected chi connectivity index (χ1v) is 5.89. The lowest BCUT2D eigenvalue weighted by atomic mass is 10.1. The molecule has 0 aliphatic rings. The van der Waals surface area contributed by atoms with Gasteiger partial charge < -0.3 is 10.4 Å². The maximum absolute atomic E-state index is 11.7. The molecule has 0 saturated carbocycles. The molecule has 0 fully saturated rings. The highest BCUT2D eigenvalue weighted by Gasteiger charge is 2.21. The van der Waals surface area contributed by atoms with E-state index in [2.05, 4.69) is 5.32 Å². The fourth-order valence-electron chi connectivity index (χ4n) is 1.09. The van der Waals surface area contributed by atoms with Gasteiger partial charge in [-0.05, 0) is 26.0 Å². The van der Waals surface area contributed by atoms with Gasteiger partial charge in [0.15, 0.2) is 0 Å². The van der Waals surface area contributed by atoms with Crippen LogP contribution in [0, 0.1) is 0 Å². The Hall–Kier alpha value is -1.07. The van der Waals surface area contributed by atoms with Gasteiger partial charge in [-0.15, -0.1) is 11.3 Å². The quantitative estimate of drug-likeness (QED) is 0.872. The fraction of sp³-hybridized carbons (Fsp3) is 0.400. The highest BCUT2D eigenvalue weighted by Crippen LogP contribution is 2.28. The van der Waals surface area contributed by atoms with Gasteiger partial charge in [0.05, 0.1) is 10.3 Å². The zero-order valence-corrected chi connectivity index (χ0v) is 10.4. The lowest BCUT2D eigenvalue weighted by molar-refractivity contribution is -0.141. The maximum Gasteiger partial charge on any atom is 0.325 e. The van der Waals surface area contributed by atoms with E-state index in [1.54, 1.807) is 19.1 Å². The molecule has 1 amide bonds. The van der Waals surface area contributed by atoms with Crippen molar-refractivity contribution in [3.05, 3.63) is 21.3 Å². The Morgan fingerprint density at radius 3 is 2.50 bits per heavy atom. The third kappa shape index (κ3) is 3.21. The number of carbonyl (C=O) groups excluding carboxylic acids is 1. The van der Waals surface area contributed by atoms with Gasteiger partial charge >= 0.3 is 5.97 Å². The van der Waals surface area contributed by atoms with Gasteiger partial charge in [0.1, 0.15) is 6.04 Å². The summed E-state index contributed by atoms with van der Waals surface area (Å²) in [6, 6.07) is 2.60. The molecule has 6 heteroatoms. The van der Waals surface area contributed by atoms with E-state index in [9.17, 15) is 9.59 Å². The third-order valence-electron chi connectivity index (χ3n) is 2.14. The minimum atomic E-state index is -1.05. The Balaban J connectivity index is 2.64. The standard InChI is InChI=1S/C10H12ClNO3S/c1-5(7-3-4-8(11)16-7)9(13)12-6(2)10(14)15/h3-6H,1-2H3,(H,12,13)(H,14,15)/t5?,6-/m0/s1. The molecule has 1 unspecified atom stereocenters. The molecule has 2 atom stereocenters. The van der Waals surface area contributed by atoms with E-state index in [0.29, 0.717) is 4.34 Å². The molecule has 0 radical (unpaired) electrons. The molecule has 2 N–H and O–H groups in total. The number of aliphatic carboxylic acids is 1. The summed E-state index contributed by atoms with van der Waals surface area (Å²) in [5.74, 6) is -1.75. The minimum absolute atomic E-state index is 0.312. The van der Waals surface area contributed by atoms with Crippen LogP contribution in [0.3, 0.4) is 0 Å². The predicted octanol–water partition coefficient (Wildman–Crippen LogP) is 2.09. The summed E-state index contributed by atoms with van der Waals surface area (Å²) in [6.07, 6.45) is 0. The molecule has 16 heavy (non-hydrogen) atoms. The summed E-state index contributed by atoms with van der Waals surface area (Å²) in [4.78, 5) is 23.0. The van der Waals surface area contributed by atoms with Crippen molar-refractivity contribution in [1.29, 1.82) is 0 Å². The van der Waals surface area contributed by atoms with E-state index in [1.807, 2.05) is 0 Å². The van der Waals surface area contributed by atoms with Crippen LogP contribution in [0.4, 0.5) is 0 Å². The number of carboxylic acid groups (broad SMARTS) is 1. The molecule has 1 heterocycles. The average Bonchev–Trinajstić information content (AvgIpc) is 2.63. The Morgan fingerprint density at radius 2 is 2.06 bits per heavy atom. The zero-order valence-electron chi connectivity index (χ0n) is 8.86. The van der Waals surface area contributed by atoms with Crippen molar-refractivity contribution >= 4 is 34.8 Å². The first-order chi connectivity index (χ1) is 7.41. The molecule has 1 rings (SSSR count). The zero-order chi connectivity index (χ0) is 12.3. The van der Waals surface area contributed by atoms with Crippen molar-refractivity contribution in [2.75, 3.05) is 0 Å². The second-order valence-corrected chi connectivity index (χ2v) is 5.18. The van der Waals surface area contributed by atoms with Crippen molar-refractivity contribution in [2.24, 2.45) is 0 Å². The number of halogens is 1. The molecule has 4 nitrogen and oxygen atoms in total. The van der Waals surface area contributed by atoms with Gasteiger partial charge in [-0.1, -0.05) is 11.6 Å². The predicted molar refractivity (Wildman–Crippen MR) is 63.0 cm³/mol. The highest BCUT2D eigenvalue weighted by atomic mass is 35.5. The van der Waals surface area contributed by atoms with Gasteiger partial charge in [0, 0.05) is 4.88 Å². The van der Waals surface area contributed by atoms with Crippen LogP contribution in [0.15, 0.2) is 12.1 Å². The first kappa shape index (κ1) is 13.0. The van der Waals surface area contributed by atoms with E-state index in [0.717, 1.165) is 4.88 Å². The Kier molecular flexibility index (Phi) is 4.32. The number of thiophene rings is 1. The largest absolute Gasteiger partial charge is 0.480 e. The van der Waals surface area contributed by atoms with Crippen LogP contribution >= 0.6 is 22.9 Å². The normalized spacial score (nSPS) is 14.2. The van der Waals surface area contributed by atoms with Crippen LogP contribution in [0.5, 0.6) is 0 Å². The van der Waals surface area contributed by atoms with Crippen molar-refractivity contribution in [1.82, 2.24) is 5.32 Å². The van der Waals surface area contributed by atoms with Crippen molar-refractivity contribution < 1.29 is 14.7 Å². The lowest BCUT2D eigenvalue weighted by Crippen LogP contribution is -2.40. The molecule has 0 bridgehead atoms. The molecular formula is C10H12ClNO3S. The molecule has 0 aliphatic carbocycles. The number of hydrogen-bond acceptors (Lipinski definition) is 3. The third-order valence-corrected chi connectivity index (χ3v) is 3.56. The van der Waals surface area contributed by atoms with Crippen LogP contribution in [0.25, 0.3) is 0 Å². The molecule has 0 saturated heterocycles. The van der Waals surface area contributed by atoms with Gasteiger partial charge in [-0.25, -0.2) is 0 Å². The van der Waals surface area contributed by atoms with Gasteiger partial charge in [-0.3, -0.25) is 9.59 Å². The van der Waals surface area contributed by atoms with Crippen LogP contribution in [-0.4, -0.2) is 23.0 Å². The SMILES string of the molecule is CC(C(=O)N[C@@H](C)C(=O)O)c1ccc(Cl)s1. The summed E-state index contributed by atoms with van der Waals surface area (Å²) in [6.45, 7) is 3.14. The number of carbonyl (C=O) groups is 2. The Labute approximate surface area is 102 Å². The molecule has 0 aliphatic heterocycles. The van der Waals surface area contributed by atoms with Crippen molar-refractivity contribution in [3.63, 3.8) is 0 Å². The van der Waals surface area contributed by atoms with Gasteiger partial charge in [0.25, 0.3) is 0 Å². The summed E-state index contributed by atoms with van der Waals surface area (Å²) >= 11 is 7.07. The topological polar surface area (TPSA) is 66.4 Å². The number of rotatable bonds is 4. The van der Waals surface area contributed by atoms with Crippen molar-refractivity contribution in [2.45, 2.75) is 25.8 Å². The molecule has 1 aromatic rings. The van der Waals surface area contributed by atoms with Crippen LogP contribution in [0.1, 0.15) is 24.6 Å². The minimum Gasteiger partial charge on any atom is -0.480 e. The van der Waals surface area contributed by atoms with Crippen LogP contribution in [-0.2, 0) is 9.59 Å². The molecule has 0 aromatic carbocycles. The summed E-state index contributed by atoms with van der Waals surface area (Å²) < 4.78 is 0.612. The molecule has 0 spiro atoms. The highest BCUT2D eigenvalue weighted by molar-refractivity contribution is 7.16. The number of amides is 1. The van der Waals surface area contributed by atoms with Crippen LogP contribution < -0.4 is 5.32 Å². The lowest BCUT2D eigenvalue weighted by Gasteiger charge is -2.13. The summed E-state index contributed by atoms with van der Waals surface area (Å²) in [7, 11) is 0. The Morgan fingerprint density at radius 1 is 1.44 bits per heavy atom. The monoisotopic (exact) mass is 261 g/mol. The van der Waals surface area contributed by atoms with E-state index < -0.39 is 12.0 Å². The van der Waals surface area contributed by atoms with E-state index in [1.165, 1.54) is 18.3 Å². The summed E-state index contributed by atoms with van der Waals surface area (Å²) in [5.41, 5.74) is 0. The smallest absolute Gasteiger partial charge is 0.325 e.